The van der Waals surface area contributed by atoms with E-state index in [1.165, 1.54) is 0 Å². The minimum Gasteiger partial charge on any atom is -0.457 e. The van der Waals surface area contributed by atoms with Gasteiger partial charge in [-0.3, -0.25) is 4.79 Å². The Balaban J connectivity index is 1.43. The first-order chi connectivity index (χ1) is 13.8. The van der Waals surface area contributed by atoms with E-state index in [4.69, 9.17) is 4.74 Å². The Morgan fingerprint density at radius 2 is 1.50 bits per heavy atom. The van der Waals surface area contributed by atoms with Crippen molar-refractivity contribution in [2.24, 2.45) is 4.99 Å². The Bertz CT molecular complexity index is 1220. The van der Waals surface area contributed by atoms with Gasteiger partial charge in [0.05, 0.1) is 11.4 Å². The number of hydrogen-bond acceptors (Lipinski definition) is 3. The molecular formula is C24H16N2O2. The molecule has 0 radical (unpaired) electrons. The van der Waals surface area contributed by atoms with E-state index in [9.17, 15) is 4.79 Å². The topological polar surface area (TPSA) is 50.7 Å². The maximum atomic E-state index is 12.2. The second-order valence-corrected chi connectivity index (χ2v) is 6.53. The molecule has 0 spiro atoms. The van der Waals surface area contributed by atoms with E-state index in [0.29, 0.717) is 11.4 Å². The van der Waals surface area contributed by atoms with Crippen LogP contribution in [0.4, 0.5) is 11.4 Å². The summed E-state index contributed by atoms with van der Waals surface area (Å²) < 4.78 is 6.07. The van der Waals surface area contributed by atoms with E-state index in [0.717, 1.165) is 33.5 Å². The molecule has 4 aromatic rings. The molecule has 0 bridgehead atoms. The Morgan fingerprint density at radius 3 is 2.39 bits per heavy atom. The molecule has 1 aliphatic rings. The molecule has 134 valence electrons. The highest BCUT2D eigenvalue weighted by Gasteiger charge is 2.25. The molecule has 28 heavy (non-hydrogen) atoms. The molecule has 1 heterocycles. The van der Waals surface area contributed by atoms with Gasteiger partial charge in [0.25, 0.3) is 5.91 Å². The van der Waals surface area contributed by atoms with Crippen molar-refractivity contribution in [3.05, 3.63) is 96.6 Å². The number of anilines is 1. The summed E-state index contributed by atoms with van der Waals surface area (Å²) in [6.07, 6.45) is 0. The maximum Gasteiger partial charge on any atom is 0.275 e. The van der Waals surface area contributed by atoms with Crippen molar-refractivity contribution >= 4 is 33.8 Å². The number of ether oxygens (including phenoxy) is 1. The van der Waals surface area contributed by atoms with Gasteiger partial charge in [0.15, 0.2) is 0 Å². The van der Waals surface area contributed by atoms with E-state index >= 15 is 0 Å². The van der Waals surface area contributed by atoms with Crippen molar-refractivity contribution in [1.29, 1.82) is 0 Å². The first kappa shape index (κ1) is 16.3. The highest BCUT2D eigenvalue weighted by molar-refractivity contribution is 6.54. The number of hydrogen-bond donors (Lipinski definition) is 1. The third-order valence-electron chi connectivity index (χ3n) is 4.70. The van der Waals surface area contributed by atoms with Crippen LogP contribution in [-0.2, 0) is 4.79 Å². The van der Waals surface area contributed by atoms with Crippen LogP contribution in [0.25, 0.3) is 10.8 Å². The normalized spacial score (nSPS) is 14.1. The van der Waals surface area contributed by atoms with Crippen LogP contribution in [-0.4, -0.2) is 11.6 Å². The highest BCUT2D eigenvalue weighted by Crippen LogP contribution is 2.31. The van der Waals surface area contributed by atoms with E-state index in [2.05, 4.69) is 22.4 Å². The summed E-state index contributed by atoms with van der Waals surface area (Å²) in [5, 5.41) is 5.03. The van der Waals surface area contributed by atoms with Crippen molar-refractivity contribution in [2.75, 3.05) is 5.32 Å². The molecule has 4 heteroatoms. The summed E-state index contributed by atoms with van der Waals surface area (Å²) >= 11 is 0. The Hall–Kier alpha value is -3.92. The molecule has 0 saturated heterocycles. The molecule has 0 aliphatic carbocycles. The lowest BCUT2D eigenvalue weighted by atomic mass is 10.1. The number of amides is 1. The summed E-state index contributed by atoms with van der Waals surface area (Å²) in [6, 6.07) is 29.1. The zero-order valence-electron chi connectivity index (χ0n) is 14.9. The van der Waals surface area contributed by atoms with E-state index in [1.54, 1.807) is 0 Å². The molecule has 0 fully saturated rings. The van der Waals surface area contributed by atoms with Gasteiger partial charge >= 0.3 is 0 Å². The van der Waals surface area contributed by atoms with Crippen molar-refractivity contribution in [3.8, 4) is 11.5 Å². The summed E-state index contributed by atoms with van der Waals surface area (Å²) in [5.74, 6) is 1.34. The Morgan fingerprint density at radius 1 is 0.750 bits per heavy atom. The summed E-state index contributed by atoms with van der Waals surface area (Å²) in [6.45, 7) is 0. The van der Waals surface area contributed by atoms with Gasteiger partial charge in [0, 0.05) is 10.9 Å². The van der Waals surface area contributed by atoms with Gasteiger partial charge in [-0.25, -0.2) is 4.99 Å². The van der Waals surface area contributed by atoms with Gasteiger partial charge in [0.1, 0.15) is 17.2 Å². The molecule has 0 unspecified atom stereocenters. The number of nitrogens with one attached hydrogen (secondary N) is 1. The number of benzene rings is 4. The SMILES string of the molecule is O=C1Nc2ccccc2C1=Nc1ccc(Oc2cccc3ccccc23)cc1. The van der Waals surface area contributed by atoms with Gasteiger partial charge in [-0.2, -0.15) is 0 Å². The van der Waals surface area contributed by atoms with Gasteiger partial charge in [0.2, 0.25) is 0 Å². The second-order valence-electron chi connectivity index (χ2n) is 6.53. The quantitative estimate of drug-likeness (QED) is 0.506. The predicted molar refractivity (Wildman–Crippen MR) is 112 cm³/mol. The van der Waals surface area contributed by atoms with Crippen molar-refractivity contribution in [2.45, 2.75) is 0 Å². The van der Waals surface area contributed by atoms with Crippen LogP contribution in [0.1, 0.15) is 5.56 Å². The van der Waals surface area contributed by atoms with E-state index in [-0.39, 0.29) is 5.91 Å². The monoisotopic (exact) mass is 364 g/mol. The van der Waals surface area contributed by atoms with Gasteiger partial charge in [-0.15, -0.1) is 0 Å². The average Bonchev–Trinajstić information content (AvgIpc) is 3.05. The number of rotatable bonds is 3. The summed E-state index contributed by atoms with van der Waals surface area (Å²) in [4.78, 5) is 16.7. The van der Waals surface area contributed by atoms with Crippen LogP contribution >= 0.6 is 0 Å². The number of carbonyl (C=O) groups is 1. The molecule has 5 rings (SSSR count). The first-order valence-corrected chi connectivity index (χ1v) is 9.03. The zero-order valence-corrected chi connectivity index (χ0v) is 14.9. The molecule has 4 nitrogen and oxygen atoms in total. The molecule has 1 aliphatic heterocycles. The minimum atomic E-state index is -0.183. The smallest absolute Gasteiger partial charge is 0.275 e. The fraction of sp³-hybridized carbons (Fsp3) is 0. The molecule has 0 aromatic heterocycles. The third kappa shape index (κ3) is 2.91. The largest absolute Gasteiger partial charge is 0.457 e. The summed E-state index contributed by atoms with van der Waals surface area (Å²) in [7, 11) is 0. The molecule has 1 N–H and O–H groups in total. The standard InChI is InChI=1S/C24H16N2O2/c27-24-23(20-9-3-4-10-21(20)26-24)25-17-12-14-18(15-13-17)28-22-11-5-7-16-6-1-2-8-19(16)22/h1-15H,(H,25,26,27). The fourth-order valence-corrected chi connectivity index (χ4v) is 3.34. The van der Waals surface area contributed by atoms with Crippen LogP contribution in [0.5, 0.6) is 11.5 Å². The maximum absolute atomic E-state index is 12.2. The number of fused-ring (bicyclic) bond motifs is 2. The number of nitrogens with zero attached hydrogens (tertiary/aromatic N) is 1. The Labute approximate surface area is 162 Å². The number of carbonyl (C=O) groups excluding carboxylic acids is 1. The third-order valence-corrected chi connectivity index (χ3v) is 4.70. The summed E-state index contributed by atoms with van der Waals surface area (Å²) in [5.41, 5.74) is 2.75. The highest BCUT2D eigenvalue weighted by atomic mass is 16.5. The number of aliphatic imine (C=N–C) groups is 1. The van der Waals surface area contributed by atoms with Crippen LogP contribution in [0.2, 0.25) is 0 Å². The lowest BCUT2D eigenvalue weighted by molar-refractivity contribution is -0.110. The lowest BCUT2D eigenvalue weighted by Gasteiger charge is -2.09. The number of para-hydroxylation sites is 1. The molecule has 0 saturated carbocycles. The zero-order chi connectivity index (χ0) is 18.9. The fourth-order valence-electron chi connectivity index (χ4n) is 3.34. The van der Waals surface area contributed by atoms with Crippen molar-refractivity contribution in [3.63, 3.8) is 0 Å². The first-order valence-electron chi connectivity index (χ1n) is 9.03. The van der Waals surface area contributed by atoms with Crippen molar-refractivity contribution in [1.82, 2.24) is 0 Å². The molecular weight excluding hydrogens is 348 g/mol. The minimum absolute atomic E-state index is 0.183. The van der Waals surface area contributed by atoms with Crippen molar-refractivity contribution < 1.29 is 9.53 Å². The second kappa shape index (κ2) is 6.67. The molecule has 1 amide bonds. The lowest BCUT2D eigenvalue weighted by Crippen LogP contribution is -2.13. The van der Waals surface area contributed by atoms with Crippen LogP contribution in [0.3, 0.4) is 0 Å². The van der Waals surface area contributed by atoms with Crippen LogP contribution < -0.4 is 10.1 Å². The predicted octanol–water partition coefficient (Wildman–Crippen LogP) is 5.71. The van der Waals surface area contributed by atoms with Gasteiger partial charge < -0.3 is 10.1 Å². The van der Waals surface area contributed by atoms with Crippen LogP contribution in [0, 0.1) is 0 Å². The molecule has 0 atom stereocenters. The van der Waals surface area contributed by atoms with E-state index < -0.39 is 0 Å². The van der Waals surface area contributed by atoms with Gasteiger partial charge in [-0.1, -0.05) is 54.6 Å². The average molecular weight is 364 g/mol. The van der Waals surface area contributed by atoms with E-state index in [1.807, 2.05) is 78.9 Å². The Kier molecular flexibility index (Phi) is 3.87. The molecule has 4 aromatic carbocycles. The van der Waals surface area contributed by atoms with Gasteiger partial charge in [-0.05, 0) is 41.8 Å². The van der Waals surface area contributed by atoms with Crippen LogP contribution in [0.15, 0.2) is 96.0 Å².